The van der Waals surface area contributed by atoms with Crippen LogP contribution in [0.25, 0.3) is 11.3 Å². The Morgan fingerprint density at radius 2 is 2.15 bits per heavy atom. The van der Waals surface area contributed by atoms with Crippen molar-refractivity contribution >= 4 is 11.6 Å². The fraction of sp³-hybridized carbons (Fsp3) is 0.333. The fourth-order valence-electron chi connectivity index (χ4n) is 2.60. The number of nitrogens with one attached hydrogen (secondary N) is 3. The van der Waals surface area contributed by atoms with Gasteiger partial charge in [-0.15, -0.1) is 0 Å². The lowest BCUT2D eigenvalue weighted by molar-refractivity contribution is -0.119. The molecule has 2 heterocycles. The van der Waals surface area contributed by atoms with Crippen LogP contribution in [0.1, 0.15) is 13.3 Å². The molecule has 2 aromatic rings. The molecule has 0 bridgehead atoms. The van der Waals surface area contributed by atoms with Crippen LogP contribution in [0.3, 0.4) is 0 Å². The topological polar surface area (TPSA) is 69.8 Å². The highest BCUT2D eigenvalue weighted by molar-refractivity contribution is 5.93. The zero-order valence-corrected chi connectivity index (χ0v) is 11.4. The average molecular weight is 270 g/mol. The Bertz CT molecular complexity index is 576. The minimum absolute atomic E-state index is 0.0577. The number of hydrogen-bond acceptors (Lipinski definition) is 3. The molecule has 1 aliphatic heterocycles. The van der Waals surface area contributed by atoms with Crippen LogP contribution in [0.2, 0.25) is 0 Å². The first kappa shape index (κ1) is 12.9. The van der Waals surface area contributed by atoms with Crippen LogP contribution < -0.4 is 10.6 Å². The summed E-state index contributed by atoms with van der Waals surface area (Å²) in [5, 5.41) is 6.27. The van der Waals surface area contributed by atoms with Crippen molar-refractivity contribution in [1.29, 1.82) is 0 Å². The molecule has 2 atom stereocenters. The maximum absolute atomic E-state index is 12.2. The number of amides is 1. The van der Waals surface area contributed by atoms with E-state index in [0.717, 1.165) is 29.9 Å². The first-order chi connectivity index (χ1) is 9.74. The molecule has 2 unspecified atom stereocenters. The summed E-state index contributed by atoms with van der Waals surface area (Å²) in [6.45, 7) is 2.97. The Kier molecular flexibility index (Phi) is 3.52. The summed E-state index contributed by atoms with van der Waals surface area (Å²) in [7, 11) is 0. The van der Waals surface area contributed by atoms with E-state index >= 15 is 0 Å². The lowest BCUT2D eigenvalue weighted by Gasteiger charge is -2.15. The number of benzene rings is 1. The summed E-state index contributed by atoms with van der Waals surface area (Å²) >= 11 is 0. The van der Waals surface area contributed by atoms with Gasteiger partial charge in [0, 0.05) is 11.7 Å². The van der Waals surface area contributed by atoms with Gasteiger partial charge >= 0.3 is 0 Å². The van der Waals surface area contributed by atoms with E-state index in [2.05, 4.69) is 27.5 Å². The molecule has 5 heteroatoms. The van der Waals surface area contributed by atoms with E-state index in [4.69, 9.17) is 0 Å². The lowest BCUT2D eigenvalue weighted by Crippen LogP contribution is -2.32. The number of aromatic amines is 1. The second-order valence-corrected chi connectivity index (χ2v) is 5.17. The molecule has 20 heavy (non-hydrogen) atoms. The number of hydrogen-bond donors (Lipinski definition) is 3. The quantitative estimate of drug-likeness (QED) is 0.799. The Balaban J connectivity index is 1.68. The van der Waals surface area contributed by atoms with E-state index in [9.17, 15) is 4.79 Å². The van der Waals surface area contributed by atoms with Crippen LogP contribution in [0.5, 0.6) is 0 Å². The molecule has 104 valence electrons. The van der Waals surface area contributed by atoms with E-state index in [0.29, 0.717) is 0 Å². The average Bonchev–Trinajstić information content (AvgIpc) is 3.10. The third kappa shape index (κ3) is 2.58. The van der Waals surface area contributed by atoms with Crippen molar-refractivity contribution in [2.75, 3.05) is 11.9 Å². The van der Waals surface area contributed by atoms with Gasteiger partial charge in [-0.1, -0.05) is 12.1 Å². The fourth-order valence-corrected chi connectivity index (χ4v) is 2.60. The third-order valence-corrected chi connectivity index (χ3v) is 3.82. The molecule has 1 fully saturated rings. The number of anilines is 1. The van der Waals surface area contributed by atoms with Gasteiger partial charge in [-0.05, 0) is 37.6 Å². The predicted molar refractivity (Wildman–Crippen MR) is 78.2 cm³/mol. The van der Waals surface area contributed by atoms with Crippen LogP contribution in [0, 0.1) is 5.92 Å². The van der Waals surface area contributed by atoms with Crippen molar-refractivity contribution in [3.8, 4) is 11.3 Å². The number of carbonyl (C=O) groups excluding carboxylic acids is 1. The van der Waals surface area contributed by atoms with Crippen molar-refractivity contribution in [3.05, 3.63) is 36.8 Å². The Labute approximate surface area is 117 Å². The SMILES string of the molecule is CC1NCCC1C(=O)Nc1ccc(-c2cnc[nH]2)cc1. The van der Waals surface area contributed by atoms with Crippen LogP contribution in [0.4, 0.5) is 5.69 Å². The Morgan fingerprint density at radius 3 is 2.75 bits per heavy atom. The van der Waals surface area contributed by atoms with Crippen molar-refractivity contribution in [3.63, 3.8) is 0 Å². The zero-order valence-electron chi connectivity index (χ0n) is 11.4. The summed E-state index contributed by atoms with van der Waals surface area (Å²) < 4.78 is 0. The van der Waals surface area contributed by atoms with Gasteiger partial charge in [0.1, 0.15) is 0 Å². The number of aromatic nitrogens is 2. The van der Waals surface area contributed by atoms with Gasteiger partial charge in [0.2, 0.25) is 5.91 Å². The monoisotopic (exact) mass is 270 g/mol. The predicted octanol–water partition coefficient (Wildman–Crippen LogP) is 2.01. The Hall–Kier alpha value is -2.14. The van der Waals surface area contributed by atoms with E-state index in [1.807, 2.05) is 24.3 Å². The summed E-state index contributed by atoms with van der Waals surface area (Å²) in [6.07, 6.45) is 4.33. The largest absolute Gasteiger partial charge is 0.345 e. The van der Waals surface area contributed by atoms with Crippen molar-refractivity contribution < 1.29 is 4.79 Å². The van der Waals surface area contributed by atoms with E-state index in [1.54, 1.807) is 12.5 Å². The molecule has 1 aromatic heterocycles. The standard InChI is InChI=1S/C15H18N4O/c1-10-13(6-7-17-10)15(20)19-12-4-2-11(3-5-12)14-8-16-9-18-14/h2-5,8-10,13,17H,6-7H2,1H3,(H,16,18)(H,19,20). The molecule has 5 nitrogen and oxygen atoms in total. The van der Waals surface area contributed by atoms with Gasteiger partial charge in [-0.25, -0.2) is 4.98 Å². The summed E-state index contributed by atoms with van der Waals surface area (Å²) in [5.74, 6) is 0.152. The van der Waals surface area contributed by atoms with E-state index in [1.165, 1.54) is 0 Å². The smallest absolute Gasteiger partial charge is 0.229 e. The van der Waals surface area contributed by atoms with Crippen LogP contribution >= 0.6 is 0 Å². The molecule has 3 rings (SSSR count). The number of nitrogens with zero attached hydrogens (tertiary/aromatic N) is 1. The number of imidazole rings is 1. The van der Waals surface area contributed by atoms with Gasteiger partial charge in [0.05, 0.1) is 24.1 Å². The normalized spacial score (nSPS) is 21.9. The zero-order chi connectivity index (χ0) is 13.9. The number of carbonyl (C=O) groups is 1. The minimum atomic E-state index is 0.0577. The van der Waals surface area contributed by atoms with Crippen LogP contribution in [0.15, 0.2) is 36.8 Å². The van der Waals surface area contributed by atoms with Gasteiger partial charge in [0.25, 0.3) is 0 Å². The number of H-pyrrole nitrogens is 1. The van der Waals surface area contributed by atoms with E-state index < -0.39 is 0 Å². The molecule has 0 aliphatic carbocycles. The minimum Gasteiger partial charge on any atom is -0.345 e. The summed E-state index contributed by atoms with van der Waals surface area (Å²) in [5.41, 5.74) is 2.85. The second kappa shape index (κ2) is 5.46. The highest BCUT2D eigenvalue weighted by Crippen LogP contribution is 2.21. The first-order valence-corrected chi connectivity index (χ1v) is 6.87. The molecule has 0 radical (unpaired) electrons. The van der Waals surface area contributed by atoms with Crippen LogP contribution in [-0.2, 0) is 4.79 Å². The van der Waals surface area contributed by atoms with Gasteiger partial charge in [-0.3, -0.25) is 4.79 Å². The molecule has 1 saturated heterocycles. The molecule has 0 spiro atoms. The molecule has 0 saturated carbocycles. The molecular weight excluding hydrogens is 252 g/mol. The van der Waals surface area contributed by atoms with Crippen molar-refractivity contribution in [1.82, 2.24) is 15.3 Å². The summed E-state index contributed by atoms with van der Waals surface area (Å²) in [6, 6.07) is 8.03. The van der Waals surface area contributed by atoms with Gasteiger partial charge in [0.15, 0.2) is 0 Å². The molecule has 1 aromatic carbocycles. The lowest BCUT2D eigenvalue weighted by atomic mass is 10.0. The molecule has 3 N–H and O–H groups in total. The van der Waals surface area contributed by atoms with Crippen molar-refractivity contribution in [2.45, 2.75) is 19.4 Å². The summed E-state index contributed by atoms with van der Waals surface area (Å²) in [4.78, 5) is 19.2. The van der Waals surface area contributed by atoms with Crippen LogP contribution in [-0.4, -0.2) is 28.5 Å². The first-order valence-electron chi connectivity index (χ1n) is 6.87. The maximum atomic E-state index is 12.2. The highest BCUT2D eigenvalue weighted by Gasteiger charge is 2.29. The number of rotatable bonds is 3. The van der Waals surface area contributed by atoms with Gasteiger partial charge < -0.3 is 15.6 Å². The highest BCUT2D eigenvalue weighted by atomic mass is 16.1. The van der Waals surface area contributed by atoms with E-state index in [-0.39, 0.29) is 17.9 Å². The molecular formula is C15H18N4O. The second-order valence-electron chi connectivity index (χ2n) is 5.17. The maximum Gasteiger partial charge on any atom is 0.229 e. The van der Waals surface area contributed by atoms with Gasteiger partial charge in [-0.2, -0.15) is 0 Å². The van der Waals surface area contributed by atoms with Crippen molar-refractivity contribution in [2.24, 2.45) is 5.92 Å². The molecule has 1 amide bonds. The molecule has 1 aliphatic rings. The third-order valence-electron chi connectivity index (χ3n) is 3.82. The Morgan fingerprint density at radius 1 is 1.35 bits per heavy atom.